The van der Waals surface area contributed by atoms with Crippen molar-refractivity contribution >= 4 is 23.4 Å². The van der Waals surface area contributed by atoms with Crippen molar-refractivity contribution < 1.29 is 23.0 Å². The number of carbonyl (C=O) groups is 1. The second-order valence-electron chi connectivity index (χ2n) is 6.20. The van der Waals surface area contributed by atoms with Crippen molar-refractivity contribution in [1.29, 1.82) is 0 Å². The molecule has 1 heterocycles. The Kier molecular flexibility index (Phi) is 7.60. The summed E-state index contributed by atoms with van der Waals surface area (Å²) in [6, 6.07) is 10.1. The second kappa shape index (κ2) is 10.6. The Morgan fingerprint density at radius 1 is 1.23 bits per heavy atom. The van der Waals surface area contributed by atoms with Crippen molar-refractivity contribution in [2.45, 2.75) is 18.3 Å². The molecule has 1 amide bonds. The summed E-state index contributed by atoms with van der Waals surface area (Å²) in [5.74, 6) is -0.255. The lowest BCUT2D eigenvalue weighted by Gasteiger charge is -2.11. The summed E-state index contributed by atoms with van der Waals surface area (Å²) in [4.78, 5) is 12.2. The first-order chi connectivity index (χ1) is 15.0. The summed E-state index contributed by atoms with van der Waals surface area (Å²) >= 11 is 1.11. The number of rotatable bonds is 10. The highest BCUT2D eigenvalue weighted by Gasteiger charge is 2.16. The number of thioether (sulfide) groups is 1. The summed E-state index contributed by atoms with van der Waals surface area (Å²) in [5.41, 5.74) is -0.218. The van der Waals surface area contributed by atoms with Crippen LogP contribution in [0.2, 0.25) is 0 Å². The fraction of sp³-hybridized carbons (Fsp3) is 0.190. The van der Waals surface area contributed by atoms with Gasteiger partial charge in [-0.15, -0.1) is 16.8 Å². The van der Waals surface area contributed by atoms with Gasteiger partial charge in [-0.05, 0) is 24.3 Å². The van der Waals surface area contributed by atoms with Crippen molar-refractivity contribution in [2.75, 3.05) is 18.2 Å². The predicted molar refractivity (Wildman–Crippen MR) is 113 cm³/mol. The third-order valence-corrected chi connectivity index (χ3v) is 5.03. The van der Waals surface area contributed by atoms with Gasteiger partial charge in [0.15, 0.2) is 22.5 Å². The number of allylic oxidation sites excluding steroid dienone is 1. The van der Waals surface area contributed by atoms with Crippen LogP contribution in [0.4, 0.5) is 14.5 Å². The van der Waals surface area contributed by atoms with Crippen LogP contribution in [0.1, 0.15) is 5.82 Å². The lowest BCUT2D eigenvalue weighted by Crippen LogP contribution is -2.16. The van der Waals surface area contributed by atoms with Gasteiger partial charge in [0.25, 0.3) is 0 Å². The van der Waals surface area contributed by atoms with Gasteiger partial charge in [0.05, 0.1) is 18.6 Å². The molecule has 0 saturated carbocycles. The van der Waals surface area contributed by atoms with Crippen LogP contribution in [0, 0.1) is 11.6 Å². The molecule has 162 valence electrons. The van der Waals surface area contributed by atoms with Gasteiger partial charge >= 0.3 is 0 Å². The molecule has 7 nitrogen and oxygen atoms in total. The Balaban J connectivity index is 1.65. The third-order valence-electron chi connectivity index (χ3n) is 4.07. The number of hydrogen-bond donors (Lipinski definition) is 1. The molecule has 0 fully saturated rings. The zero-order valence-electron chi connectivity index (χ0n) is 16.7. The summed E-state index contributed by atoms with van der Waals surface area (Å²) in [6.07, 6.45) is 1.67. The van der Waals surface area contributed by atoms with E-state index in [1.54, 1.807) is 29.9 Å². The van der Waals surface area contributed by atoms with Crippen molar-refractivity contribution in [1.82, 2.24) is 14.8 Å². The van der Waals surface area contributed by atoms with E-state index in [1.807, 2.05) is 12.1 Å². The van der Waals surface area contributed by atoms with Crippen LogP contribution in [0.3, 0.4) is 0 Å². The number of ether oxygens (including phenoxy) is 2. The number of halogens is 2. The highest BCUT2D eigenvalue weighted by molar-refractivity contribution is 7.99. The molecule has 0 aliphatic heterocycles. The number of anilines is 1. The maximum atomic E-state index is 13.7. The Bertz CT molecular complexity index is 1070. The monoisotopic (exact) mass is 446 g/mol. The minimum atomic E-state index is -0.717. The molecule has 0 bridgehead atoms. The van der Waals surface area contributed by atoms with Crippen molar-refractivity contribution in [2.24, 2.45) is 0 Å². The predicted octanol–water partition coefficient (Wildman–Crippen LogP) is 4.06. The van der Waals surface area contributed by atoms with Crippen molar-refractivity contribution in [3.8, 4) is 11.5 Å². The number of hydrogen-bond acceptors (Lipinski definition) is 6. The zero-order chi connectivity index (χ0) is 22.2. The number of nitrogens with one attached hydrogen (secondary N) is 1. The van der Waals surface area contributed by atoms with E-state index in [9.17, 15) is 13.6 Å². The molecule has 0 spiro atoms. The Labute approximate surface area is 182 Å². The lowest BCUT2D eigenvalue weighted by atomic mass is 10.3. The van der Waals surface area contributed by atoms with Crippen LogP contribution in [-0.4, -0.2) is 33.5 Å². The first kappa shape index (κ1) is 22.3. The quantitative estimate of drug-likeness (QED) is 0.374. The normalized spacial score (nSPS) is 10.5. The Morgan fingerprint density at radius 2 is 2.00 bits per heavy atom. The highest BCUT2D eigenvalue weighted by Crippen LogP contribution is 2.27. The summed E-state index contributed by atoms with van der Waals surface area (Å²) < 4.78 is 39.8. The van der Waals surface area contributed by atoms with Crippen LogP contribution in [0.5, 0.6) is 11.5 Å². The molecule has 10 heteroatoms. The molecule has 0 unspecified atom stereocenters. The standard InChI is InChI=1S/C21H20F2N4O3S/c1-3-10-27-19(12-30-18-7-5-4-6-17(18)29-2)25-26-21(27)31-13-20(28)24-16-11-14(22)8-9-15(16)23/h3-9,11H,1,10,12-13H2,2H3,(H,24,28). The molecule has 1 aromatic heterocycles. The molecular weight excluding hydrogens is 426 g/mol. The number of para-hydroxylation sites is 2. The van der Waals surface area contributed by atoms with E-state index >= 15 is 0 Å². The number of aromatic nitrogens is 3. The SMILES string of the molecule is C=CCn1c(COc2ccccc2OC)nnc1SCC(=O)Nc1cc(F)ccc1F. The minimum Gasteiger partial charge on any atom is -0.493 e. The largest absolute Gasteiger partial charge is 0.493 e. The molecule has 0 radical (unpaired) electrons. The van der Waals surface area contributed by atoms with E-state index in [1.165, 1.54) is 0 Å². The first-order valence-electron chi connectivity index (χ1n) is 9.18. The third kappa shape index (κ3) is 5.82. The molecule has 0 atom stereocenters. The molecule has 0 saturated heterocycles. The molecule has 0 aliphatic carbocycles. The second-order valence-corrected chi connectivity index (χ2v) is 7.14. The number of methoxy groups -OCH3 is 1. The van der Waals surface area contributed by atoms with Gasteiger partial charge < -0.3 is 14.8 Å². The van der Waals surface area contributed by atoms with Gasteiger partial charge in [0.2, 0.25) is 5.91 Å². The van der Waals surface area contributed by atoms with E-state index in [0.29, 0.717) is 29.0 Å². The fourth-order valence-electron chi connectivity index (χ4n) is 2.64. The molecule has 3 rings (SSSR count). The summed E-state index contributed by atoms with van der Waals surface area (Å²) in [7, 11) is 1.55. The van der Waals surface area contributed by atoms with Gasteiger partial charge in [-0.1, -0.05) is 30.0 Å². The highest BCUT2D eigenvalue weighted by atomic mass is 32.2. The van der Waals surface area contributed by atoms with Gasteiger partial charge in [-0.3, -0.25) is 9.36 Å². The van der Waals surface area contributed by atoms with Crippen LogP contribution >= 0.6 is 11.8 Å². The topological polar surface area (TPSA) is 78.3 Å². The van der Waals surface area contributed by atoms with Gasteiger partial charge in [-0.25, -0.2) is 8.78 Å². The van der Waals surface area contributed by atoms with Gasteiger partial charge in [0.1, 0.15) is 18.2 Å². The minimum absolute atomic E-state index is 0.0708. The van der Waals surface area contributed by atoms with Crippen LogP contribution in [-0.2, 0) is 17.9 Å². The Hall–Kier alpha value is -3.40. The smallest absolute Gasteiger partial charge is 0.234 e. The van der Waals surface area contributed by atoms with E-state index in [0.717, 1.165) is 30.0 Å². The average molecular weight is 446 g/mol. The van der Waals surface area contributed by atoms with E-state index in [2.05, 4.69) is 22.1 Å². The number of nitrogens with zero attached hydrogens (tertiary/aromatic N) is 3. The van der Waals surface area contributed by atoms with E-state index < -0.39 is 17.5 Å². The fourth-order valence-corrected chi connectivity index (χ4v) is 3.40. The first-order valence-corrected chi connectivity index (χ1v) is 10.2. The van der Waals surface area contributed by atoms with Crippen molar-refractivity contribution in [3.05, 3.63) is 72.6 Å². The van der Waals surface area contributed by atoms with E-state index in [4.69, 9.17) is 9.47 Å². The van der Waals surface area contributed by atoms with E-state index in [-0.39, 0.29) is 18.0 Å². The molecular formula is C21H20F2N4O3S. The average Bonchev–Trinajstić information content (AvgIpc) is 3.15. The van der Waals surface area contributed by atoms with Gasteiger partial charge in [0, 0.05) is 12.6 Å². The van der Waals surface area contributed by atoms with Crippen LogP contribution in [0.25, 0.3) is 0 Å². The van der Waals surface area contributed by atoms with Crippen molar-refractivity contribution in [3.63, 3.8) is 0 Å². The zero-order valence-corrected chi connectivity index (χ0v) is 17.5. The molecule has 0 aliphatic rings. The molecule has 31 heavy (non-hydrogen) atoms. The lowest BCUT2D eigenvalue weighted by molar-refractivity contribution is -0.113. The van der Waals surface area contributed by atoms with Crippen LogP contribution < -0.4 is 14.8 Å². The number of amides is 1. The molecule has 2 aromatic carbocycles. The van der Waals surface area contributed by atoms with Gasteiger partial charge in [-0.2, -0.15) is 0 Å². The summed E-state index contributed by atoms with van der Waals surface area (Å²) in [6.45, 7) is 4.26. The Morgan fingerprint density at radius 3 is 2.74 bits per heavy atom. The molecule has 1 N–H and O–H groups in total. The molecule has 3 aromatic rings. The number of carbonyl (C=O) groups excluding carboxylic acids is 1. The maximum Gasteiger partial charge on any atom is 0.234 e. The van der Waals surface area contributed by atoms with Crippen LogP contribution in [0.15, 0.2) is 60.3 Å². The number of benzene rings is 2. The summed E-state index contributed by atoms with van der Waals surface area (Å²) in [5, 5.41) is 11.0. The maximum absolute atomic E-state index is 13.7.